The van der Waals surface area contributed by atoms with Crippen molar-refractivity contribution in [3.63, 3.8) is 0 Å². The Bertz CT molecular complexity index is 1690. The average molecular weight is 689 g/mol. The van der Waals surface area contributed by atoms with Gasteiger partial charge in [0.1, 0.15) is 29.7 Å². The van der Waals surface area contributed by atoms with Crippen molar-refractivity contribution >= 4 is 23.7 Å². The third-order valence-corrected chi connectivity index (χ3v) is 12.5. The molecule has 1 saturated heterocycles. The fourth-order valence-corrected chi connectivity index (χ4v) is 9.22. The van der Waals surface area contributed by atoms with Crippen molar-refractivity contribution in [2.45, 2.75) is 103 Å². The summed E-state index contributed by atoms with van der Waals surface area (Å²) < 4.78 is 24.5. The van der Waals surface area contributed by atoms with Crippen LogP contribution in [0.15, 0.2) is 72.3 Å². The van der Waals surface area contributed by atoms with Crippen LogP contribution in [0, 0.1) is 28.6 Å². The number of benzene rings is 2. The van der Waals surface area contributed by atoms with Crippen LogP contribution in [0.5, 0.6) is 0 Å². The zero-order valence-electron chi connectivity index (χ0n) is 29.8. The van der Waals surface area contributed by atoms with E-state index in [-0.39, 0.29) is 36.7 Å². The lowest BCUT2D eigenvalue weighted by Crippen LogP contribution is -2.81. The lowest BCUT2D eigenvalue weighted by atomic mass is 9.44. The number of rotatable bonds is 7. The highest BCUT2D eigenvalue weighted by Gasteiger charge is 2.77. The number of hydrogen-bond donors (Lipinski definition) is 2. The molecule has 2 aromatic carbocycles. The van der Waals surface area contributed by atoms with Crippen molar-refractivity contribution in [2.75, 3.05) is 6.61 Å². The van der Waals surface area contributed by atoms with Gasteiger partial charge in [-0.05, 0) is 36.6 Å². The van der Waals surface area contributed by atoms with Gasteiger partial charge in [0, 0.05) is 31.1 Å². The monoisotopic (exact) mass is 688 g/mol. The quantitative estimate of drug-likeness (QED) is 0.233. The van der Waals surface area contributed by atoms with Gasteiger partial charge in [0.2, 0.25) is 0 Å². The largest absolute Gasteiger partial charge is 0.458 e. The third-order valence-electron chi connectivity index (χ3n) is 12.5. The van der Waals surface area contributed by atoms with Crippen LogP contribution in [0.25, 0.3) is 0 Å². The minimum absolute atomic E-state index is 0.00329. The third kappa shape index (κ3) is 5.42. The Labute approximate surface area is 293 Å². The Morgan fingerprint density at radius 3 is 2.16 bits per heavy atom. The predicted octanol–water partition coefficient (Wildman–Crippen LogP) is 4.96. The molecule has 0 radical (unpaired) electrons. The Balaban J connectivity index is 1.50. The predicted molar refractivity (Wildman–Crippen MR) is 182 cm³/mol. The summed E-state index contributed by atoms with van der Waals surface area (Å²) in [6.07, 6.45) is -3.09. The maximum absolute atomic E-state index is 14.9. The van der Waals surface area contributed by atoms with Gasteiger partial charge in [-0.25, -0.2) is 4.79 Å². The molecule has 1 heterocycles. The summed E-state index contributed by atoms with van der Waals surface area (Å²) in [5, 5.41) is 25.1. The Morgan fingerprint density at radius 1 is 0.960 bits per heavy atom. The number of ketones is 1. The van der Waals surface area contributed by atoms with E-state index in [1.807, 2.05) is 37.3 Å². The van der Waals surface area contributed by atoms with E-state index in [9.17, 15) is 29.4 Å². The molecule has 0 spiro atoms. The maximum Gasteiger partial charge on any atom is 0.338 e. The summed E-state index contributed by atoms with van der Waals surface area (Å²) in [6, 6.07) is 17.9. The normalized spacial score (nSPS) is 36.8. The molecular formula is C40H48O10. The summed E-state index contributed by atoms with van der Waals surface area (Å²) in [5.74, 6) is -5.09. The van der Waals surface area contributed by atoms with Gasteiger partial charge in [0.25, 0.3) is 0 Å². The van der Waals surface area contributed by atoms with Crippen molar-refractivity contribution in [3.05, 3.63) is 83.4 Å². The average Bonchev–Trinajstić information content (AvgIpc) is 3.08. The fourth-order valence-electron chi connectivity index (χ4n) is 9.22. The van der Waals surface area contributed by atoms with Gasteiger partial charge in [-0.1, -0.05) is 88.7 Å². The number of carbonyl (C=O) groups is 4. The van der Waals surface area contributed by atoms with Crippen molar-refractivity contribution < 1.29 is 48.3 Å². The molecule has 2 aromatic rings. The van der Waals surface area contributed by atoms with E-state index >= 15 is 0 Å². The van der Waals surface area contributed by atoms with Gasteiger partial charge in [-0.2, -0.15) is 0 Å². The summed E-state index contributed by atoms with van der Waals surface area (Å²) >= 11 is 0. The van der Waals surface area contributed by atoms with Gasteiger partial charge < -0.3 is 29.2 Å². The number of aliphatic hydroxyl groups excluding tert-OH is 1. The molecule has 0 amide bonds. The molecule has 2 bridgehead atoms. The zero-order chi connectivity index (χ0) is 36.4. The number of aliphatic hydroxyl groups is 2. The molecule has 10 heteroatoms. The van der Waals surface area contributed by atoms with Gasteiger partial charge in [-0.15, -0.1) is 0 Å². The molecule has 2 saturated carbocycles. The highest BCUT2D eigenvalue weighted by atomic mass is 16.6. The molecule has 10 nitrogen and oxygen atoms in total. The minimum Gasteiger partial charge on any atom is -0.458 e. The van der Waals surface area contributed by atoms with Gasteiger partial charge in [-0.3, -0.25) is 14.4 Å². The number of fused-ring (bicyclic) bond motifs is 5. The summed E-state index contributed by atoms with van der Waals surface area (Å²) in [7, 11) is 0. The Hall–Kier alpha value is -3.86. The summed E-state index contributed by atoms with van der Waals surface area (Å²) in [6.45, 7) is 11.7. The van der Waals surface area contributed by atoms with Crippen LogP contribution in [0.1, 0.15) is 83.1 Å². The second kappa shape index (κ2) is 12.7. The van der Waals surface area contributed by atoms with E-state index < -0.39 is 82.1 Å². The molecule has 6 rings (SSSR count). The van der Waals surface area contributed by atoms with E-state index in [1.54, 1.807) is 71.0 Å². The van der Waals surface area contributed by atoms with Crippen molar-refractivity contribution in [1.82, 2.24) is 0 Å². The first-order chi connectivity index (χ1) is 23.5. The van der Waals surface area contributed by atoms with E-state index in [0.717, 1.165) is 5.56 Å². The first-order valence-electron chi connectivity index (χ1n) is 17.5. The van der Waals surface area contributed by atoms with E-state index in [0.29, 0.717) is 5.57 Å². The molecule has 11 atom stereocenters. The maximum atomic E-state index is 14.9. The van der Waals surface area contributed by atoms with Crippen LogP contribution in [-0.4, -0.2) is 76.1 Å². The van der Waals surface area contributed by atoms with Gasteiger partial charge >= 0.3 is 17.9 Å². The zero-order valence-corrected chi connectivity index (χ0v) is 29.8. The first kappa shape index (κ1) is 35.9. The molecule has 4 aliphatic rings. The van der Waals surface area contributed by atoms with Crippen molar-refractivity contribution in [2.24, 2.45) is 28.6 Å². The first-order valence-corrected chi connectivity index (χ1v) is 17.5. The Kier molecular flexibility index (Phi) is 9.15. The van der Waals surface area contributed by atoms with Crippen LogP contribution in [0.3, 0.4) is 0 Å². The lowest BCUT2D eigenvalue weighted by molar-refractivity contribution is -0.345. The van der Waals surface area contributed by atoms with Crippen molar-refractivity contribution in [1.29, 1.82) is 0 Å². The number of esters is 3. The van der Waals surface area contributed by atoms with E-state index in [4.69, 9.17) is 18.9 Å². The van der Waals surface area contributed by atoms with Crippen LogP contribution in [-0.2, 0) is 33.3 Å². The Morgan fingerprint density at radius 2 is 1.58 bits per heavy atom. The van der Waals surface area contributed by atoms with E-state index in [1.165, 1.54) is 6.92 Å². The number of carbonyl (C=O) groups excluding carboxylic acids is 4. The summed E-state index contributed by atoms with van der Waals surface area (Å²) in [5.41, 5.74) is -4.70. The second-order valence-corrected chi connectivity index (χ2v) is 15.5. The molecule has 50 heavy (non-hydrogen) atoms. The lowest BCUT2D eigenvalue weighted by Gasteiger charge is -2.67. The molecule has 2 N–H and O–H groups in total. The molecular weight excluding hydrogens is 640 g/mol. The molecule has 3 fully saturated rings. The molecule has 1 aliphatic heterocycles. The van der Waals surface area contributed by atoms with Crippen molar-refractivity contribution in [3.8, 4) is 0 Å². The molecule has 268 valence electrons. The fraction of sp³-hybridized carbons (Fsp3) is 0.550. The molecule has 5 unspecified atom stereocenters. The highest BCUT2D eigenvalue weighted by molar-refractivity contribution is 5.92. The van der Waals surface area contributed by atoms with Crippen LogP contribution in [0.4, 0.5) is 0 Å². The van der Waals surface area contributed by atoms with Gasteiger partial charge in [0.15, 0.2) is 5.60 Å². The smallest absolute Gasteiger partial charge is 0.338 e. The number of ether oxygens (including phenoxy) is 4. The van der Waals surface area contributed by atoms with E-state index in [2.05, 4.69) is 0 Å². The van der Waals surface area contributed by atoms with Crippen LogP contribution in [0.2, 0.25) is 0 Å². The molecule has 3 aliphatic carbocycles. The SMILES string of the molecule is CC(=O)OC12COC1C[C@H](O)[C@@]1(C)C(=O)[C@H](C)C3=CC(OC(=O)C(C)C(C)c4ccccc4)C[C@@](O)([C@@H](OC(=O)c4ccccc4)[C@H]21)C3(C)C. The highest BCUT2D eigenvalue weighted by Crippen LogP contribution is 2.64. The molecule has 0 aromatic heterocycles. The standard InChI is InChI=1S/C40H48O10/c1-22(26-14-10-8-11-15-26)23(2)35(44)48-28-18-29-24(3)33(43)38(7)30(42)19-31-39(21-47-31,50-25(4)41)32(38)34(40(46,20-28)37(29,5)6)49-36(45)27-16-12-9-13-17-27/h8-18,22-24,28,30-32,34,42,46H,19-21H2,1-7H3/t22?,23?,24-,28?,30+,31?,32+,34+,38-,39?,40-/m1/s1. The summed E-state index contributed by atoms with van der Waals surface area (Å²) in [4.78, 5) is 55.5. The minimum atomic E-state index is -1.99. The number of hydrogen-bond acceptors (Lipinski definition) is 10. The van der Waals surface area contributed by atoms with Gasteiger partial charge in [0.05, 0.1) is 35.5 Å². The topological polar surface area (TPSA) is 146 Å². The second-order valence-electron chi connectivity index (χ2n) is 15.5. The number of Topliss-reactive ketones (excluding diaryl/α,β-unsaturated/α-hetero) is 1. The van der Waals surface area contributed by atoms with Crippen LogP contribution >= 0.6 is 0 Å². The van der Waals surface area contributed by atoms with Crippen LogP contribution < -0.4 is 0 Å².